The number of halogens is 1. The van der Waals surface area contributed by atoms with Gasteiger partial charge in [-0.15, -0.1) is 0 Å². The Kier molecular flexibility index (Phi) is 21.3. The monoisotopic (exact) mass is 891 g/mol. The number of methoxy groups -OCH3 is 8. The quantitative estimate of drug-likeness (QED) is 0.114. The first-order chi connectivity index (χ1) is 26.9. The van der Waals surface area contributed by atoms with E-state index in [2.05, 4.69) is 31.9 Å². The van der Waals surface area contributed by atoms with Gasteiger partial charge >= 0.3 is 0 Å². The molecule has 0 spiro atoms. The summed E-state index contributed by atoms with van der Waals surface area (Å²) in [6.45, 7) is 2.91. The Morgan fingerprint density at radius 3 is 1.61 bits per heavy atom. The Bertz CT molecular complexity index is 1250. The summed E-state index contributed by atoms with van der Waals surface area (Å²) in [5, 5.41) is 7.98. The molecule has 3 saturated heterocycles. The lowest BCUT2D eigenvalue weighted by Crippen LogP contribution is -2.69. The van der Waals surface area contributed by atoms with Gasteiger partial charge in [0, 0.05) is 63.8 Å². The molecule has 3 heterocycles. The summed E-state index contributed by atoms with van der Waals surface area (Å²) in [5.74, 6) is -1.31. The molecule has 3 aliphatic heterocycles. The van der Waals surface area contributed by atoms with Crippen LogP contribution in [0.3, 0.4) is 0 Å². The molecular formula is C34H58BrN3O17S. The van der Waals surface area contributed by atoms with E-state index in [1.54, 1.807) is 6.92 Å². The molecule has 3 rings (SSSR count). The standard InChI is InChI=1S/C34H58BrN3O17S/c1-16-23(37-22(42)15-56-17(2)39)26(45-5)30(49-9)33(51-16)54-25-19(14-44-4)53-34(31(50-10)28(25)47-7)55-24-18(13-43-3)52-32(29(48-8)27(24)46-6)38-21(41)12-36-20(40)11-35/h16,18-19,23-34H,11-15H2,1-10H3,(H,36,40)(H,37,42)(H,38,41)/t16?,18?,19?,23-,24?,25?,26?,27?,28?,29?,30?,31?,32?,33?,34?/m1/s1. The minimum Gasteiger partial charge on any atom is -0.382 e. The fourth-order valence-corrected chi connectivity index (χ4v) is 7.58. The lowest BCUT2D eigenvalue weighted by atomic mass is 9.94. The summed E-state index contributed by atoms with van der Waals surface area (Å²) in [7, 11) is 11.8. The first-order valence-corrected chi connectivity index (χ1v) is 19.9. The van der Waals surface area contributed by atoms with Crippen LogP contribution in [0.2, 0.25) is 0 Å². The van der Waals surface area contributed by atoms with Gasteiger partial charge < -0.3 is 77.5 Å². The van der Waals surface area contributed by atoms with Crippen LogP contribution in [-0.4, -0.2) is 203 Å². The van der Waals surface area contributed by atoms with Crippen LogP contribution in [0.5, 0.6) is 0 Å². The Morgan fingerprint density at radius 2 is 1.11 bits per heavy atom. The van der Waals surface area contributed by atoms with Gasteiger partial charge in [0.05, 0.1) is 43.0 Å². The molecule has 0 bridgehead atoms. The molecule has 0 radical (unpaired) electrons. The maximum Gasteiger partial charge on any atom is 0.241 e. The van der Waals surface area contributed by atoms with Crippen molar-refractivity contribution in [2.75, 3.05) is 87.7 Å². The molecule has 3 aliphatic rings. The zero-order valence-corrected chi connectivity index (χ0v) is 35.8. The van der Waals surface area contributed by atoms with Crippen molar-refractivity contribution in [1.82, 2.24) is 16.0 Å². The Hall–Kier alpha value is -1.61. The molecule has 0 saturated carbocycles. The smallest absolute Gasteiger partial charge is 0.241 e. The highest BCUT2D eigenvalue weighted by Crippen LogP contribution is 2.36. The molecule has 15 atom stereocenters. The lowest BCUT2D eigenvalue weighted by Gasteiger charge is -2.51. The van der Waals surface area contributed by atoms with Crippen LogP contribution in [-0.2, 0) is 80.8 Å². The third-order valence-corrected chi connectivity index (χ3v) is 10.8. The maximum atomic E-state index is 12.8. The van der Waals surface area contributed by atoms with Gasteiger partial charge in [-0.05, 0) is 6.92 Å². The molecule has 3 N–H and O–H groups in total. The summed E-state index contributed by atoms with van der Waals surface area (Å²) in [6.07, 6.45) is -12.3. The van der Waals surface area contributed by atoms with Crippen LogP contribution in [0, 0.1) is 0 Å². The van der Waals surface area contributed by atoms with E-state index in [-0.39, 0.29) is 47.8 Å². The summed E-state index contributed by atoms with van der Waals surface area (Å²) in [6, 6.07) is -0.639. The average molecular weight is 893 g/mol. The van der Waals surface area contributed by atoms with Gasteiger partial charge in [-0.1, -0.05) is 27.7 Å². The van der Waals surface area contributed by atoms with Crippen LogP contribution in [0.1, 0.15) is 13.8 Å². The number of thioether (sulfide) groups is 1. The zero-order valence-electron chi connectivity index (χ0n) is 33.4. The second kappa shape index (κ2) is 24.5. The van der Waals surface area contributed by atoms with Crippen molar-refractivity contribution in [3.05, 3.63) is 0 Å². The van der Waals surface area contributed by atoms with Crippen LogP contribution in [0.4, 0.5) is 0 Å². The fraction of sp³-hybridized carbons (Fsp3) is 0.882. The highest BCUT2D eigenvalue weighted by molar-refractivity contribution is 9.09. The molecule has 22 heteroatoms. The van der Waals surface area contributed by atoms with E-state index < -0.39 is 97.9 Å². The lowest BCUT2D eigenvalue weighted by molar-refractivity contribution is -0.374. The van der Waals surface area contributed by atoms with E-state index >= 15 is 0 Å². The van der Waals surface area contributed by atoms with E-state index in [0.717, 1.165) is 11.8 Å². The first-order valence-electron chi connectivity index (χ1n) is 17.8. The normalized spacial score (nSPS) is 36.1. The van der Waals surface area contributed by atoms with Crippen molar-refractivity contribution in [2.45, 2.75) is 106 Å². The van der Waals surface area contributed by atoms with Gasteiger partial charge in [0.1, 0.15) is 61.0 Å². The summed E-state index contributed by atoms with van der Waals surface area (Å²) >= 11 is 3.94. The van der Waals surface area contributed by atoms with Crippen LogP contribution in [0.15, 0.2) is 0 Å². The second-order valence-electron chi connectivity index (χ2n) is 13.0. The van der Waals surface area contributed by atoms with E-state index in [1.807, 2.05) is 0 Å². The van der Waals surface area contributed by atoms with Crippen LogP contribution >= 0.6 is 27.7 Å². The average Bonchev–Trinajstić information content (AvgIpc) is 3.18. The molecule has 3 fully saturated rings. The molecule has 0 aromatic heterocycles. The summed E-state index contributed by atoms with van der Waals surface area (Å²) < 4.78 is 78.7. The third kappa shape index (κ3) is 12.7. The van der Waals surface area contributed by atoms with Crippen molar-refractivity contribution >= 4 is 50.5 Å². The molecule has 324 valence electrons. The number of carbonyl (C=O) groups is 4. The van der Waals surface area contributed by atoms with Crippen molar-refractivity contribution in [3.8, 4) is 0 Å². The topological polar surface area (TPSA) is 224 Å². The Balaban J connectivity index is 1.86. The largest absolute Gasteiger partial charge is 0.382 e. The zero-order chi connectivity index (χ0) is 41.5. The maximum absolute atomic E-state index is 12.8. The van der Waals surface area contributed by atoms with E-state index in [9.17, 15) is 19.2 Å². The minimum absolute atomic E-state index is 0.0201. The minimum atomic E-state index is -1.12. The number of alkyl halides is 1. The highest BCUT2D eigenvalue weighted by atomic mass is 79.9. The molecular weight excluding hydrogens is 834 g/mol. The Morgan fingerprint density at radius 1 is 0.607 bits per heavy atom. The molecule has 0 aromatic carbocycles. The van der Waals surface area contributed by atoms with E-state index in [4.69, 9.17) is 61.6 Å². The fourth-order valence-electron chi connectivity index (χ4n) is 6.96. The van der Waals surface area contributed by atoms with Gasteiger partial charge in [-0.3, -0.25) is 19.2 Å². The van der Waals surface area contributed by atoms with Crippen molar-refractivity contribution in [1.29, 1.82) is 0 Å². The number of carbonyl (C=O) groups excluding carboxylic acids is 4. The molecule has 20 nitrogen and oxygen atoms in total. The summed E-state index contributed by atoms with van der Waals surface area (Å²) in [5.41, 5.74) is 0. The van der Waals surface area contributed by atoms with Crippen molar-refractivity contribution in [2.24, 2.45) is 0 Å². The first kappa shape index (κ1) is 48.8. The predicted molar refractivity (Wildman–Crippen MR) is 200 cm³/mol. The molecule has 0 aromatic rings. The summed E-state index contributed by atoms with van der Waals surface area (Å²) in [4.78, 5) is 48.6. The van der Waals surface area contributed by atoms with Gasteiger partial charge in [0.2, 0.25) is 17.7 Å². The number of hydrogen-bond acceptors (Lipinski definition) is 18. The molecule has 0 aliphatic carbocycles. The van der Waals surface area contributed by atoms with Crippen LogP contribution in [0.25, 0.3) is 0 Å². The third-order valence-electron chi connectivity index (χ3n) is 9.51. The van der Waals surface area contributed by atoms with Gasteiger partial charge in [-0.2, -0.15) is 0 Å². The number of hydrogen-bond donors (Lipinski definition) is 3. The van der Waals surface area contributed by atoms with Gasteiger partial charge in [0.15, 0.2) is 23.9 Å². The second-order valence-corrected chi connectivity index (χ2v) is 14.7. The van der Waals surface area contributed by atoms with E-state index in [0.29, 0.717) is 0 Å². The number of ether oxygens (including phenoxy) is 13. The molecule has 3 amide bonds. The SMILES string of the molecule is COCC1OC(NC(=O)CNC(=O)CBr)C(OC)C(OC)C1OC1OC(COC)C(OC2OC(C)[C@@H](NC(=O)CSC(C)=O)C(OC)C2OC)C(OC)C1OC. The number of nitrogens with one attached hydrogen (secondary N) is 3. The van der Waals surface area contributed by atoms with Gasteiger partial charge in [-0.25, -0.2) is 0 Å². The van der Waals surface area contributed by atoms with Crippen LogP contribution < -0.4 is 16.0 Å². The molecule has 56 heavy (non-hydrogen) atoms. The number of amides is 3. The van der Waals surface area contributed by atoms with Crippen molar-refractivity contribution < 1.29 is 80.8 Å². The van der Waals surface area contributed by atoms with E-state index in [1.165, 1.54) is 63.8 Å². The predicted octanol–water partition coefficient (Wildman–Crippen LogP) is -1.27. The van der Waals surface area contributed by atoms with Crippen molar-refractivity contribution in [3.63, 3.8) is 0 Å². The molecule has 14 unspecified atom stereocenters. The Labute approximate surface area is 340 Å². The highest BCUT2D eigenvalue weighted by Gasteiger charge is 2.55. The number of rotatable bonds is 21. The van der Waals surface area contributed by atoms with Gasteiger partial charge in [0.25, 0.3) is 0 Å².